The summed E-state index contributed by atoms with van der Waals surface area (Å²) < 4.78 is 5.46. The normalized spacial score (nSPS) is 11.3. The number of hydrogen-bond acceptors (Lipinski definition) is 5. The summed E-state index contributed by atoms with van der Waals surface area (Å²) in [6.45, 7) is 8.35. The number of ether oxygens (including phenoxy) is 1. The number of benzene rings is 1. The lowest BCUT2D eigenvalue weighted by molar-refractivity contribution is 0.129. The molecule has 0 aliphatic carbocycles. The van der Waals surface area contributed by atoms with E-state index in [1.807, 2.05) is 18.2 Å². The van der Waals surface area contributed by atoms with Crippen LogP contribution in [0.15, 0.2) is 30.3 Å². The zero-order valence-electron chi connectivity index (χ0n) is 15.7. The minimum Gasteiger partial charge on any atom is -0.381 e. The smallest absolute Gasteiger partial charge is 0.321 e. The van der Waals surface area contributed by atoms with E-state index in [1.165, 1.54) is 11.3 Å². The van der Waals surface area contributed by atoms with Gasteiger partial charge in [0.2, 0.25) is 5.13 Å². The van der Waals surface area contributed by atoms with Crippen LogP contribution in [0.25, 0.3) is 0 Å². The Morgan fingerprint density at radius 1 is 1.15 bits per heavy atom. The maximum atomic E-state index is 12.0. The Morgan fingerprint density at radius 2 is 1.88 bits per heavy atom. The first-order valence-corrected chi connectivity index (χ1v) is 9.87. The summed E-state index contributed by atoms with van der Waals surface area (Å²) in [4.78, 5) is 12.0. The van der Waals surface area contributed by atoms with Gasteiger partial charge < -0.3 is 10.1 Å². The van der Waals surface area contributed by atoms with Crippen LogP contribution < -0.4 is 10.6 Å². The molecule has 2 amide bonds. The first kappa shape index (κ1) is 20.3. The van der Waals surface area contributed by atoms with Crippen LogP contribution in [0.3, 0.4) is 0 Å². The van der Waals surface area contributed by atoms with Gasteiger partial charge in [-0.15, -0.1) is 10.2 Å². The zero-order chi connectivity index (χ0) is 18.8. The number of anilines is 1. The lowest BCUT2D eigenvalue weighted by Crippen LogP contribution is -2.30. The van der Waals surface area contributed by atoms with E-state index in [0.29, 0.717) is 18.3 Å². The third kappa shape index (κ3) is 6.07. The molecule has 2 N–H and O–H groups in total. The Kier molecular flexibility index (Phi) is 8.00. The van der Waals surface area contributed by atoms with Crippen LogP contribution in [0, 0.1) is 0 Å². The second kappa shape index (κ2) is 10.2. The summed E-state index contributed by atoms with van der Waals surface area (Å²) in [5.41, 5.74) is 0.903. The van der Waals surface area contributed by atoms with Gasteiger partial charge in [-0.25, -0.2) is 4.79 Å². The lowest BCUT2D eigenvalue weighted by atomic mass is 9.85. The highest BCUT2D eigenvalue weighted by atomic mass is 32.1. The first-order chi connectivity index (χ1) is 12.5. The van der Waals surface area contributed by atoms with E-state index in [4.69, 9.17) is 4.74 Å². The van der Waals surface area contributed by atoms with Crippen LogP contribution in [-0.4, -0.2) is 36.0 Å². The molecule has 0 aliphatic heterocycles. The predicted octanol–water partition coefficient (Wildman–Crippen LogP) is 4.19. The van der Waals surface area contributed by atoms with Crippen molar-refractivity contribution >= 4 is 22.5 Å². The summed E-state index contributed by atoms with van der Waals surface area (Å²) in [6.07, 6.45) is 3.00. The lowest BCUT2D eigenvalue weighted by Gasteiger charge is -2.21. The molecule has 0 aliphatic rings. The molecule has 2 rings (SSSR count). The molecule has 6 nitrogen and oxygen atoms in total. The Hall–Kier alpha value is -1.99. The molecule has 0 bridgehead atoms. The van der Waals surface area contributed by atoms with Crippen molar-refractivity contribution in [3.05, 3.63) is 40.9 Å². The number of rotatable bonds is 10. The number of urea groups is 1. The fraction of sp³-hybridized carbons (Fsp3) is 0.526. The second-order valence-electron chi connectivity index (χ2n) is 6.60. The summed E-state index contributed by atoms with van der Waals surface area (Å²) in [5.74, 6) is 0. The number of nitrogens with zero attached hydrogens (tertiary/aromatic N) is 2. The van der Waals surface area contributed by atoms with Gasteiger partial charge in [-0.05, 0) is 32.3 Å². The van der Waals surface area contributed by atoms with Crippen molar-refractivity contribution in [3.8, 4) is 0 Å². The van der Waals surface area contributed by atoms with E-state index < -0.39 is 0 Å². The van der Waals surface area contributed by atoms with E-state index in [1.54, 1.807) is 0 Å². The molecule has 7 heteroatoms. The third-order valence-corrected chi connectivity index (χ3v) is 5.23. The van der Waals surface area contributed by atoms with Crippen LogP contribution in [0.1, 0.15) is 50.6 Å². The Balaban J connectivity index is 1.78. The number of carbonyl (C=O) groups excluding carboxylic acids is 1. The first-order valence-electron chi connectivity index (χ1n) is 9.06. The number of carbonyl (C=O) groups is 1. The molecule has 0 saturated carbocycles. The average molecular weight is 377 g/mol. The predicted molar refractivity (Wildman–Crippen MR) is 106 cm³/mol. The van der Waals surface area contributed by atoms with Gasteiger partial charge in [-0.2, -0.15) is 0 Å². The van der Waals surface area contributed by atoms with Crippen molar-refractivity contribution < 1.29 is 9.53 Å². The highest BCUT2D eigenvalue weighted by Gasteiger charge is 2.27. The summed E-state index contributed by atoms with van der Waals surface area (Å²) in [5, 5.41) is 15.3. The monoisotopic (exact) mass is 376 g/mol. The van der Waals surface area contributed by atoms with Gasteiger partial charge in [-0.1, -0.05) is 55.0 Å². The molecule has 0 spiro atoms. The van der Waals surface area contributed by atoms with E-state index >= 15 is 0 Å². The van der Waals surface area contributed by atoms with Gasteiger partial charge in [0.25, 0.3) is 0 Å². The fourth-order valence-electron chi connectivity index (χ4n) is 2.37. The van der Waals surface area contributed by atoms with Gasteiger partial charge in [0.05, 0.1) is 0 Å². The second-order valence-corrected chi connectivity index (χ2v) is 7.58. The van der Waals surface area contributed by atoms with Gasteiger partial charge >= 0.3 is 6.03 Å². The third-order valence-electron chi connectivity index (χ3n) is 4.07. The van der Waals surface area contributed by atoms with Crippen LogP contribution >= 0.6 is 11.3 Å². The molecular formula is C19H28N4O2S. The minimum absolute atomic E-state index is 0.259. The number of nitrogens with one attached hydrogen (secondary N) is 2. The van der Waals surface area contributed by atoms with Crippen LogP contribution in [0.2, 0.25) is 0 Å². The highest BCUT2D eigenvalue weighted by molar-refractivity contribution is 7.15. The topological polar surface area (TPSA) is 76.1 Å². The van der Waals surface area contributed by atoms with Crippen LogP contribution in [0.5, 0.6) is 0 Å². The van der Waals surface area contributed by atoms with E-state index in [-0.39, 0.29) is 11.4 Å². The number of hydrogen-bond donors (Lipinski definition) is 2. The molecule has 2 aromatic rings. The van der Waals surface area contributed by atoms with E-state index in [2.05, 4.69) is 53.7 Å². The molecule has 1 heterocycles. The summed E-state index contributed by atoms with van der Waals surface area (Å²) in [6, 6.07) is 9.89. The van der Waals surface area contributed by atoms with Gasteiger partial charge in [0, 0.05) is 25.2 Å². The van der Waals surface area contributed by atoms with Crippen molar-refractivity contribution in [3.63, 3.8) is 0 Å². The largest absolute Gasteiger partial charge is 0.381 e. The van der Waals surface area contributed by atoms with Crippen molar-refractivity contribution in [2.45, 2.75) is 45.4 Å². The maximum Gasteiger partial charge on any atom is 0.321 e. The Morgan fingerprint density at radius 3 is 2.62 bits per heavy atom. The van der Waals surface area contributed by atoms with Crippen molar-refractivity contribution in [2.75, 3.05) is 25.1 Å². The molecule has 0 atom stereocenters. The Bertz CT molecular complexity index is 673. The summed E-state index contributed by atoms with van der Waals surface area (Å²) in [7, 11) is 0. The molecule has 0 radical (unpaired) electrons. The number of aromatic nitrogens is 2. The van der Waals surface area contributed by atoms with Crippen molar-refractivity contribution in [1.29, 1.82) is 0 Å². The zero-order valence-corrected chi connectivity index (χ0v) is 16.6. The molecule has 26 heavy (non-hydrogen) atoms. The van der Waals surface area contributed by atoms with Crippen molar-refractivity contribution in [2.24, 2.45) is 0 Å². The molecule has 1 aromatic heterocycles. The molecule has 0 fully saturated rings. The quantitative estimate of drug-likeness (QED) is 0.610. The molecule has 1 aromatic carbocycles. The van der Waals surface area contributed by atoms with Crippen LogP contribution in [-0.2, 0) is 10.2 Å². The van der Waals surface area contributed by atoms with Gasteiger partial charge in [0.15, 0.2) is 0 Å². The maximum absolute atomic E-state index is 12.0. The van der Waals surface area contributed by atoms with E-state index in [0.717, 1.165) is 36.4 Å². The van der Waals surface area contributed by atoms with Crippen molar-refractivity contribution in [1.82, 2.24) is 15.5 Å². The average Bonchev–Trinajstić information content (AvgIpc) is 3.11. The van der Waals surface area contributed by atoms with Crippen LogP contribution in [0.4, 0.5) is 9.93 Å². The number of unbranched alkanes of at least 4 members (excludes halogenated alkanes) is 1. The summed E-state index contributed by atoms with van der Waals surface area (Å²) >= 11 is 1.40. The molecule has 0 unspecified atom stereocenters. The SMILES string of the molecule is CCCCOCCCNC(=O)Nc1nnc(C(C)(C)c2ccccc2)s1. The molecular weight excluding hydrogens is 348 g/mol. The minimum atomic E-state index is -0.265. The van der Waals surface area contributed by atoms with E-state index in [9.17, 15) is 4.79 Å². The standard InChI is InChI=1S/C19H28N4O2S/c1-4-5-13-25-14-9-12-20-17(24)21-18-23-22-16(26-18)19(2,3)15-10-7-6-8-11-15/h6-8,10-11H,4-5,9,12-14H2,1-3H3,(H2,20,21,23,24). The number of amides is 2. The molecule has 0 saturated heterocycles. The Labute approximate surface area is 159 Å². The van der Waals surface area contributed by atoms with Gasteiger partial charge in [-0.3, -0.25) is 5.32 Å². The fourth-order valence-corrected chi connectivity index (χ4v) is 3.23. The molecule has 142 valence electrons. The highest BCUT2D eigenvalue weighted by Crippen LogP contribution is 2.34. The van der Waals surface area contributed by atoms with Gasteiger partial charge in [0.1, 0.15) is 5.01 Å².